The van der Waals surface area contributed by atoms with E-state index in [9.17, 15) is 18.0 Å². The van der Waals surface area contributed by atoms with Crippen LogP contribution >= 0.6 is 0 Å². The van der Waals surface area contributed by atoms with Crippen LogP contribution in [-0.2, 0) is 4.79 Å². The zero-order chi connectivity index (χ0) is 24.1. The van der Waals surface area contributed by atoms with Crippen molar-refractivity contribution in [3.05, 3.63) is 59.3 Å². The van der Waals surface area contributed by atoms with E-state index in [0.717, 1.165) is 11.1 Å². The number of benzene rings is 1. The minimum atomic E-state index is -5.08. The third-order valence-electron chi connectivity index (χ3n) is 4.27. The van der Waals surface area contributed by atoms with E-state index in [-0.39, 0.29) is 17.9 Å². The number of hydrogen-bond donors (Lipinski definition) is 3. The van der Waals surface area contributed by atoms with Gasteiger partial charge in [0.1, 0.15) is 0 Å². The molecule has 2 aromatic heterocycles. The minimum absolute atomic E-state index is 0.111. The number of halogens is 3. The molecule has 0 radical (unpaired) electrons. The van der Waals surface area contributed by atoms with Gasteiger partial charge in [0.05, 0.1) is 11.6 Å². The standard InChI is InChI=1S/C18H22N6O.C2HF3O2/c1-12-6-4-5-7-14(12)15(11-23(2)3)20-17(25)13-8-9-16-21-18(19)22-24(16)10-13;3-2(4,5)1(6)7/h4-10,15H,11H2,1-3H3,(H2,19,22)(H,20,25);(H,6,7). The molecule has 2 heterocycles. The second kappa shape index (κ2) is 10.1. The maximum atomic E-state index is 12.7. The molecule has 172 valence electrons. The maximum absolute atomic E-state index is 12.7. The molecule has 0 aliphatic carbocycles. The molecule has 3 rings (SSSR count). The van der Waals surface area contributed by atoms with E-state index in [0.29, 0.717) is 17.8 Å². The number of nitrogens with two attached hydrogens (primary N) is 1. The largest absolute Gasteiger partial charge is 0.490 e. The van der Waals surface area contributed by atoms with Gasteiger partial charge in [0.2, 0.25) is 5.95 Å². The predicted octanol–water partition coefficient (Wildman–Crippen LogP) is 2.29. The zero-order valence-electron chi connectivity index (χ0n) is 17.6. The van der Waals surface area contributed by atoms with Crippen molar-refractivity contribution in [2.45, 2.75) is 19.1 Å². The lowest BCUT2D eigenvalue weighted by molar-refractivity contribution is -0.192. The Morgan fingerprint density at radius 3 is 2.41 bits per heavy atom. The molecular formula is C20H23F3N6O3. The quantitative estimate of drug-likeness (QED) is 0.542. The van der Waals surface area contributed by atoms with Crippen molar-refractivity contribution in [3.8, 4) is 0 Å². The van der Waals surface area contributed by atoms with Crippen LogP contribution in [0.3, 0.4) is 0 Å². The van der Waals surface area contributed by atoms with Crippen molar-refractivity contribution < 1.29 is 27.9 Å². The molecule has 0 spiro atoms. The molecule has 0 fully saturated rings. The van der Waals surface area contributed by atoms with E-state index in [1.807, 2.05) is 45.3 Å². The first-order chi connectivity index (χ1) is 14.9. The summed E-state index contributed by atoms with van der Waals surface area (Å²) in [5.74, 6) is -2.73. The number of aromatic nitrogens is 3. The Hall–Kier alpha value is -3.67. The number of nitrogen functional groups attached to an aromatic ring is 1. The highest BCUT2D eigenvalue weighted by molar-refractivity contribution is 5.94. The van der Waals surface area contributed by atoms with Crippen LogP contribution in [0.25, 0.3) is 5.65 Å². The van der Waals surface area contributed by atoms with Crippen LogP contribution in [-0.4, -0.2) is 63.3 Å². The van der Waals surface area contributed by atoms with Gasteiger partial charge in [0, 0.05) is 12.7 Å². The lowest BCUT2D eigenvalue weighted by Gasteiger charge is -2.24. The molecule has 4 N–H and O–H groups in total. The number of likely N-dealkylation sites (N-methyl/N-ethyl adjacent to an activating group) is 1. The van der Waals surface area contributed by atoms with E-state index in [1.54, 1.807) is 18.3 Å². The Balaban J connectivity index is 0.000000451. The fraction of sp³-hybridized carbons (Fsp3) is 0.300. The van der Waals surface area contributed by atoms with Crippen molar-refractivity contribution in [1.82, 2.24) is 24.8 Å². The molecule has 12 heteroatoms. The van der Waals surface area contributed by atoms with Gasteiger partial charge >= 0.3 is 12.1 Å². The van der Waals surface area contributed by atoms with E-state index < -0.39 is 12.1 Å². The molecule has 1 aromatic carbocycles. The van der Waals surface area contributed by atoms with Crippen LogP contribution in [0.2, 0.25) is 0 Å². The summed E-state index contributed by atoms with van der Waals surface area (Å²) in [6, 6.07) is 11.4. The number of alkyl halides is 3. The maximum Gasteiger partial charge on any atom is 0.490 e. The van der Waals surface area contributed by atoms with Gasteiger partial charge in [-0.3, -0.25) is 4.79 Å². The number of carbonyl (C=O) groups excluding carboxylic acids is 1. The van der Waals surface area contributed by atoms with Crippen molar-refractivity contribution in [1.29, 1.82) is 0 Å². The molecule has 3 aromatic rings. The Morgan fingerprint density at radius 1 is 1.22 bits per heavy atom. The van der Waals surface area contributed by atoms with Crippen LogP contribution in [0.1, 0.15) is 27.5 Å². The van der Waals surface area contributed by atoms with Crippen LogP contribution in [0.5, 0.6) is 0 Å². The van der Waals surface area contributed by atoms with Crippen molar-refractivity contribution in [2.75, 3.05) is 26.4 Å². The average Bonchev–Trinajstić information content (AvgIpc) is 3.06. The summed E-state index contributed by atoms with van der Waals surface area (Å²) in [5, 5.41) is 14.3. The number of nitrogens with zero attached hydrogens (tertiary/aromatic N) is 4. The summed E-state index contributed by atoms with van der Waals surface area (Å²) in [6.07, 6.45) is -3.45. The topological polar surface area (TPSA) is 126 Å². The summed E-state index contributed by atoms with van der Waals surface area (Å²) in [4.78, 5) is 27.8. The first-order valence-corrected chi connectivity index (χ1v) is 9.31. The summed E-state index contributed by atoms with van der Waals surface area (Å²) >= 11 is 0. The minimum Gasteiger partial charge on any atom is -0.475 e. The number of carboxylic acid groups (broad SMARTS) is 1. The molecule has 0 bridgehead atoms. The number of rotatable bonds is 5. The predicted molar refractivity (Wildman–Crippen MR) is 111 cm³/mol. The molecule has 0 aliphatic rings. The second-order valence-electron chi connectivity index (χ2n) is 7.14. The third kappa shape index (κ3) is 6.67. The Bertz CT molecular complexity index is 1100. The Morgan fingerprint density at radius 2 is 1.84 bits per heavy atom. The van der Waals surface area contributed by atoms with E-state index in [1.165, 1.54) is 4.52 Å². The van der Waals surface area contributed by atoms with Gasteiger partial charge in [-0.25, -0.2) is 9.31 Å². The van der Waals surface area contributed by atoms with E-state index >= 15 is 0 Å². The SMILES string of the molecule is Cc1ccccc1C(CN(C)C)NC(=O)c1ccc2nc(N)nn2c1.O=C(O)C(F)(F)F. The highest BCUT2D eigenvalue weighted by Gasteiger charge is 2.38. The second-order valence-corrected chi connectivity index (χ2v) is 7.14. The van der Waals surface area contributed by atoms with Crippen LogP contribution in [0.4, 0.5) is 19.1 Å². The number of aliphatic carboxylic acids is 1. The number of pyridine rings is 1. The first kappa shape index (κ1) is 24.6. The number of carboxylic acids is 1. The average molecular weight is 452 g/mol. The van der Waals surface area contributed by atoms with Gasteiger partial charge in [-0.2, -0.15) is 18.2 Å². The molecule has 1 atom stereocenters. The Labute approximate surface area is 181 Å². The van der Waals surface area contributed by atoms with Gasteiger partial charge in [0.15, 0.2) is 5.65 Å². The van der Waals surface area contributed by atoms with Gasteiger partial charge < -0.3 is 21.1 Å². The number of hydrogen-bond acceptors (Lipinski definition) is 6. The third-order valence-corrected chi connectivity index (χ3v) is 4.27. The summed E-state index contributed by atoms with van der Waals surface area (Å²) < 4.78 is 33.2. The lowest BCUT2D eigenvalue weighted by atomic mass is 10.0. The zero-order valence-corrected chi connectivity index (χ0v) is 17.6. The van der Waals surface area contributed by atoms with Gasteiger partial charge in [-0.1, -0.05) is 24.3 Å². The number of aryl methyl sites for hydroxylation is 1. The molecule has 0 saturated heterocycles. The molecule has 1 amide bonds. The number of fused-ring (bicyclic) bond motifs is 1. The van der Waals surface area contributed by atoms with Crippen molar-refractivity contribution in [2.24, 2.45) is 0 Å². The molecule has 0 aliphatic heterocycles. The number of nitrogens with one attached hydrogen (secondary N) is 1. The number of amides is 1. The Kier molecular flexibility index (Phi) is 7.76. The van der Waals surface area contributed by atoms with Crippen molar-refractivity contribution >= 4 is 23.5 Å². The van der Waals surface area contributed by atoms with Gasteiger partial charge in [0.25, 0.3) is 5.91 Å². The van der Waals surface area contributed by atoms with Crippen molar-refractivity contribution in [3.63, 3.8) is 0 Å². The van der Waals surface area contributed by atoms with Crippen LogP contribution in [0, 0.1) is 6.92 Å². The van der Waals surface area contributed by atoms with Gasteiger partial charge in [-0.05, 0) is 44.3 Å². The van der Waals surface area contributed by atoms with E-state index in [4.69, 9.17) is 15.6 Å². The number of anilines is 1. The highest BCUT2D eigenvalue weighted by Crippen LogP contribution is 2.19. The number of carbonyl (C=O) groups is 2. The lowest BCUT2D eigenvalue weighted by Crippen LogP contribution is -2.35. The summed E-state index contributed by atoms with van der Waals surface area (Å²) in [6.45, 7) is 2.75. The monoisotopic (exact) mass is 452 g/mol. The van der Waals surface area contributed by atoms with Gasteiger partial charge in [-0.15, -0.1) is 5.10 Å². The molecule has 0 saturated carbocycles. The molecule has 32 heavy (non-hydrogen) atoms. The normalized spacial score (nSPS) is 12.2. The fourth-order valence-corrected chi connectivity index (χ4v) is 2.84. The summed E-state index contributed by atoms with van der Waals surface area (Å²) in [7, 11) is 3.98. The van der Waals surface area contributed by atoms with E-state index in [2.05, 4.69) is 20.3 Å². The highest BCUT2D eigenvalue weighted by atomic mass is 19.4. The molecular weight excluding hydrogens is 429 g/mol. The molecule has 9 nitrogen and oxygen atoms in total. The van der Waals surface area contributed by atoms with Crippen LogP contribution in [0.15, 0.2) is 42.6 Å². The summed E-state index contributed by atoms with van der Waals surface area (Å²) in [5.41, 5.74) is 8.97. The smallest absolute Gasteiger partial charge is 0.475 e. The van der Waals surface area contributed by atoms with Crippen LogP contribution < -0.4 is 11.1 Å². The fourth-order valence-electron chi connectivity index (χ4n) is 2.84. The first-order valence-electron chi connectivity index (χ1n) is 9.31. The molecule has 1 unspecified atom stereocenters.